The van der Waals surface area contributed by atoms with Crippen LogP contribution in [0, 0.1) is 0 Å². The van der Waals surface area contributed by atoms with E-state index in [2.05, 4.69) is 13.2 Å². The van der Waals surface area contributed by atoms with Crippen LogP contribution in [0.1, 0.15) is 19.8 Å². The quantitative estimate of drug-likeness (QED) is 0.429. The molecular formula is C20H23NO3. The summed E-state index contributed by atoms with van der Waals surface area (Å²) in [6.07, 6.45) is 9.07. The maximum atomic E-state index is 12.3. The van der Waals surface area contributed by atoms with E-state index < -0.39 is 6.23 Å². The second-order valence-corrected chi connectivity index (χ2v) is 5.28. The fourth-order valence-electron chi connectivity index (χ4n) is 2.53. The van der Waals surface area contributed by atoms with Gasteiger partial charge in [0.2, 0.25) is 0 Å². The highest BCUT2D eigenvalue weighted by Gasteiger charge is 2.39. The van der Waals surface area contributed by atoms with Gasteiger partial charge in [0, 0.05) is 12.8 Å². The van der Waals surface area contributed by atoms with Gasteiger partial charge in [0.1, 0.15) is 11.5 Å². The van der Waals surface area contributed by atoms with Crippen LogP contribution in [0.4, 0.5) is 0 Å². The summed E-state index contributed by atoms with van der Waals surface area (Å²) in [4.78, 5) is 13.9. The Bertz CT molecular complexity index is 634. The highest BCUT2D eigenvalue weighted by Crippen LogP contribution is 2.29. The molecule has 1 aliphatic heterocycles. The van der Waals surface area contributed by atoms with E-state index in [9.17, 15) is 4.79 Å². The topological polar surface area (TPSA) is 38.8 Å². The third kappa shape index (κ3) is 4.38. The van der Waals surface area contributed by atoms with E-state index in [1.54, 1.807) is 11.0 Å². The molecule has 0 aromatic heterocycles. The van der Waals surface area contributed by atoms with E-state index in [1.165, 1.54) is 6.08 Å². The van der Waals surface area contributed by atoms with Crippen LogP contribution in [-0.2, 0) is 9.53 Å². The average Bonchev–Trinajstić information content (AvgIpc) is 3.00. The average molecular weight is 325 g/mol. The van der Waals surface area contributed by atoms with Gasteiger partial charge in [-0.3, -0.25) is 9.69 Å². The SMILES string of the molecule is C=CC(=O)N1C(O/C(C=C)=C/C=C\C)CCC1Oc1ccccc1. The van der Waals surface area contributed by atoms with Crippen molar-refractivity contribution in [2.45, 2.75) is 32.2 Å². The minimum Gasteiger partial charge on any atom is -0.470 e. The molecule has 126 valence electrons. The fraction of sp³-hybridized carbons (Fsp3) is 0.250. The van der Waals surface area contributed by atoms with Crippen LogP contribution in [0.3, 0.4) is 0 Å². The molecule has 1 aromatic rings. The molecule has 0 aliphatic carbocycles. The maximum absolute atomic E-state index is 12.3. The lowest BCUT2D eigenvalue weighted by Crippen LogP contribution is -2.44. The predicted octanol–water partition coefficient (Wildman–Crippen LogP) is 4.19. The van der Waals surface area contributed by atoms with E-state index in [0.717, 1.165) is 5.75 Å². The van der Waals surface area contributed by atoms with Crippen LogP contribution in [0.2, 0.25) is 0 Å². The molecule has 2 atom stereocenters. The van der Waals surface area contributed by atoms with Gasteiger partial charge in [-0.2, -0.15) is 0 Å². The van der Waals surface area contributed by atoms with Crippen LogP contribution in [0.15, 0.2) is 79.6 Å². The summed E-state index contributed by atoms with van der Waals surface area (Å²) in [6.45, 7) is 9.25. The van der Waals surface area contributed by atoms with Crippen molar-refractivity contribution in [1.82, 2.24) is 4.90 Å². The van der Waals surface area contributed by atoms with E-state index in [4.69, 9.17) is 9.47 Å². The Morgan fingerprint density at radius 3 is 2.50 bits per heavy atom. The number of hydrogen-bond acceptors (Lipinski definition) is 3. The molecule has 0 N–H and O–H groups in total. The molecule has 1 fully saturated rings. The predicted molar refractivity (Wildman–Crippen MR) is 95.1 cm³/mol. The lowest BCUT2D eigenvalue weighted by atomic mass is 10.3. The Kier molecular flexibility index (Phi) is 6.43. The Labute approximate surface area is 143 Å². The van der Waals surface area contributed by atoms with Gasteiger partial charge in [-0.1, -0.05) is 43.5 Å². The van der Waals surface area contributed by atoms with Gasteiger partial charge in [0.25, 0.3) is 5.91 Å². The van der Waals surface area contributed by atoms with Crippen LogP contribution >= 0.6 is 0 Å². The van der Waals surface area contributed by atoms with Crippen LogP contribution in [-0.4, -0.2) is 23.3 Å². The molecule has 1 aliphatic rings. The Morgan fingerprint density at radius 1 is 1.17 bits per heavy atom. The third-order valence-corrected chi connectivity index (χ3v) is 3.65. The van der Waals surface area contributed by atoms with Crippen molar-refractivity contribution in [3.8, 4) is 5.75 Å². The number of amides is 1. The molecule has 1 heterocycles. The summed E-state index contributed by atoms with van der Waals surface area (Å²) in [6, 6.07) is 9.45. The minimum atomic E-state index is -0.404. The lowest BCUT2D eigenvalue weighted by Gasteiger charge is -2.29. The number of hydrogen-bond donors (Lipinski definition) is 0. The molecule has 1 amide bonds. The van der Waals surface area contributed by atoms with Crippen LogP contribution < -0.4 is 4.74 Å². The molecule has 0 saturated carbocycles. The van der Waals surface area contributed by atoms with Crippen molar-refractivity contribution < 1.29 is 14.3 Å². The number of allylic oxidation sites excluding steroid dienone is 4. The third-order valence-electron chi connectivity index (χ3n) is 3.65. The highest BCUT2D eigenvalue weighted by molar-refractivity contribution is 5.87. The fourth-order valence-corrected chi connectivity index (χ4v) is 2.53. The molecule has 4 nitrogen and oxygen atoms in total. The second-order valence-electron chi connectivity index (χ2n) is 5.28. The number of carbonyl (C=O) groups excluding carboxylic acids is 1. The van der Waals surface area contributed by atoms with E-state index in [1.807, 2.05) is 55.5 Å². The van der Waals surface area contributed by atoms with E-state index >= 15 is 0 Å². The Hall–Kier alpha value is -2.75. The molecule has 1 aromatic carbocycles. The van der Waals surface area contributed by atoms with Crippen molar-refractivity contribution in [3.63, 3.8) is 0 Å². The summed E-state index contributed by atoms with van der Waals surface area (Å²) in [5, 5.41) is 0. The molecule has 2 unspecified atom stereocenters. The van der Waals surface area contributed by atoms with E-state index in [0.29, 0.717) is 18.6 Å². The minimum absolute atomic E-state index is 0.215. The van der Waals surface area contributed by atoms with Gasteiger partial charge in [-0.25, -0.2) is 0 Å². The first-order valence-corrected chi connectivity index (χ1v) is 7.98. The highest BCUT2D eigenvalue weighted by atomic mass is 16.5. The van der Waals surface area contributed by atoms with Gasteiger partial charge >= 0.3 is 0 Å². The van der Waals surface area contributed by atoms with Crippen molar-refractivity contribution in [2.24, 2.45) is 0 Å². The van der Waals surface area contributed by atoms with Gasteiger partial charge < -0.3 is 9.47 Å². The molecular weight excluding hydrogens is 302 g/mol. The monoisotopic (exact) mass is 325 g/mol. The summed E-state index contributed by atoms with van der Waals surface area (Å²) in [7, 11) is 0. The smallest absolute Gasteiger partial charge is 0.251 e. The standard InChI is InChI=1S/C20H23NO3/c1-4-7-11-16(5-2)23-19-14-15-20(21(19)18(22)6-3)24-17-12-9-8-10-13-17/h4-13,19-20H,2-3,14-15H2,1H3/b7-4-,16-11+. The van der Waals surface area contributed by atoms with Crippen molar-refractivity contribution >= 4 is 5.91 Å². The van der Waals surface area contributed by atoms with Gasteiger partial charge in [-0.05, 0) is 37.3 Å². The molecule has 4 heteroatoms. The number of nitrogens with zero attached hydrogens (tertiary/aromatic N) is 1. The van der Waals surface area contributed by atoms with Gasteiger partial charge in [0.05, 0.1) is 0 Å². The lowest BCUT2D eigenvalue weighted by molar-refractivity contribution is -0.143. The summed E-state index contributed by atoms with van der Waals surface area (Å²) in [5.41, 5.74) is 0. The zero-order valence-electron chi connectivity index (χ0n) is 13.9. The zero-order valence-corrected chi connectivity index (χ0v) is 13.9. The number of benzene rings is 1. The summed E-state index contributed by atoms with van der Waals surface area (Å²) >= 11 is 0. The Balaban J connectivity index is 2.15. The van der Waals surface area contributed by atoms with Crippen LogP contribution in [0.5, 0.6) is 5.75 Å². The number of ether oxygens (including phenoxy) is 2. The molecule has 1 saturated heterocycles. The first kappa shape index (κ1) is 17.6. The normalized spacial score (nSPS) is 20.9. The van der Waals surface area contributed by atoms with Gasteiger partial charge in [0.15, 0.2) is 12.5 Å². The first-order chi connectivity index (χ1) is 11.7. The molecule has 24 heavy (non-hydrogen) atoms. The number of rotatable bonds is 7. The number of likely N-dealkylation sites (tertiary alicyclic amines) is 1. The van der Waals surface area contributed by atoms with Crippen LogP contribution in [0.25, 0.3) is 0 Å². The van der Waals surface area contributed by atoms with Crippen molar-refractivity contribution in [3.05, 3.63) is 79.6 Å². The van der Waals surface area contributed by atoms with Gasteiger partial charge in [-0.15, -0.1) is 0 Å². The summed E-state index contributed by atoms with van der Waals surface area (Å²) in [5.74, 6) is 1.12. The first-order valence-electron chi connectivity index (χ1n) is 7.98. The largest absolute Gasteiger partial charge is 0.470 e. The Morgan fingerprint density at radius 2 is 1.88 bits per heavy atom. The second kappa shape index (κ2) is 8.77. The van der Waals surface area contributed by atoms with Crippen molar-refractivity contribution in [2.75, 3.05) is 0 Å². The molecule has 0 radical (unpaired) electrons. The maximum Gasteiger partial charge on any atom is 0.251 e. The molecule has 0 spiro atoms. The molecule has 0 bridgehead atoms. The van der Waals surface area contributed by atoms with Crippen molar-refractivity contribution in [1.29, 1.82) is 0 Å². The van der Waals surface area contributed by atoms with E-state index in [-0.39, 0.29) is 12.1 Å². The number of carbonyl (C=O) groups is 1. The molecule has 2 rings (SSSR count). The zero-order chi connectivity index (χ0) is 17.4. The number of para-hydroxylation sites is 1. The summed E-state index contributed by atoms with van der Waals surface area (Å²) < 4.78 is 11.9.